The molecule has 3 aromatic heterocycles. The fraction of sp³-hybridized carbons (Fsp3) is 0.346. The zero-order chi connectivity index (χ0) is 27.4. The molecule has 0 atom stereocenters. The molecule has 0 saturated carbocycles. The summed E-state index contributed by atoms with van der Waals surface area (Å²) < 4.78 is 83.4. The van der Waals surface area contributed by atoms with Crippen LogP contribution in [0.4, 0.5) is 32.0 Å². The topological polar surface area (TPSA) is 51.8 Å². The number of imidazole rings is 2. The van der Waals surface area contributed by atoms with E-state index in [0.29, 0.717) is 29.1 Å². The first kappa shape index (κ1) is 25.8. The van der Waals surface area contributed by atoms with Crippen LogP contribution < -0.4 is 4.90 Å². The molecule has 0 saturated heterocycles. The van der Waals surface area contributed by atoms with Gasteiger partial charge in [-0.1, -0.05) is 13.8 Å². The van der Waals surface area contributed by atoms with Gasteiger partial charge in [0, 0.05) is 49.3 Å². The standard InChI is InChI=1S/C26H24F6N6/c1-15(2)21-18(5-4-10-33-21)22-19-13-37(11-12-38(19)24(35-22)26(30,31)32)17-8-6-16(7-9-17)23-34-20(14-36(23)3)25(27,28)29/h4-10,14-15H,11-13H2,1-3H3. The molecule has 5 rings (SSSR count). The van der Waals surface area contributed by atoms with Crippen molar-refractivity contribution >= 4 is 5.69 Å². The van der Waals surface area contributed by atoms with Crippen molar-refractivity contribution in [2.75, 3.05) is 11.4 Å². The molecule has 4 aromatic rings. The summed E-state index contributed by atoms with van der Waals surface area (Å²) in [6.45, 7) is 4.39. The van der Waals surface area contributed by atoms with E-state index in [-0.39, 0.29) is 30.5 Å². The summed E-state index contributed by atoms with van der Waals surface area (Å²) in [5.74, 6) is -0.795. The van der Waals surface area contributed by atoms with Gasteiger partial charge in [0.1, 0.15) is 5.82 Å². The number of fused-ring (bicyclic) bond motifs is 1. The third-order valence-corrected chi connectivity index (χ3v) is 6.56. The smallest absolute Gasteiger partial charge is 0.364 e. The van der Waals surface area contributed by atoms with Crippen LogP contribution in [0.25, 0.3) is 22.6 Å². The average molecular weight is 535 g/mol. The highest BCUT2D eigenvalue weighted by Crippen LogP contribution is 2.39. The number of aromatic nitrogens is 5. The normalized spacial score (nSPS) is 14.3. The van der Waals surface area contributed by atoms with Crippen LogP contribution in [0.5, 0.6) is 0 Å². The van der Waals surface area contributed by atoms with Crippen LogP contribution in [0.3, 0.4) is 0 Å². The monoisotopic (exact) mass is 534 g/mol. The van der Waals surface area contributed by atoms with Gasteiger partial charge in [0.25, 0.3) is 0 Å². The lowest BCUT2D eigenvalue weighted by Gasteiger charge is -2.31. The first-order valence-corrected chi connectivity index (χ1v) is 11.9. The van der Waals surface area contributed by atoms with E-state index in [1.807, 2.05) is 18.7 Å². The summed E-state index contributed by atoms with van der Waals surface area (Å²) in [7, 11) is 1.49. The molecule has 200 valence electrons. The van der Waals surface area contributed by atoms with Crippen molar-refractivity contribution in [2.45, 2.75) is 45.2 Å². The second-order valence-electron chi connectivity index (χ2n) is 9.50. The third kappa shape index (κ3) is 4.63. The Labute approximate surface area is 214 Å². The van der Waals surface area contributed by atoms with Gasteiger partial charge < -0.3 is 14.0 Å². The highest BCUT2D eigenvalue weighted by Gasteiger charge is 2.41. The van der Waals surface area contributed by atoms with E-state index in [0.717, 1.165) is 11.9 Å². The van der Waals surface area contributed by atoms with Gasteiger partial charge in [-0.25, -0.2) is 9.97 Å². The molecule has 1 aliphatic rings. The Hall–Kier alpha value is -3.83. The van der Waals surface area contributed by atoms with Gasteiger partial charge in [0.05, 0.1) is 23.6 Å². The van der Waals surface area contributed by atoms with Gasteiger partial charge in [-0.05, 0) is 42.3 Å². The molecule has 0 N–H and O–H groups in total. The van der Waals surface area contributed by atoms with Gasteiger partial charge in [-0.2, -0.15) is 26.3 Å². The summed E-state index contributed by atoms with van der Waals surface area (Å²) in [5, 5.41) is 0. The Kier molecular flexibility index (Phi) is 6.23. The van der Waals surface area contributed by atoms with Crippen LogP contribution in [-0.4, -0.2) is 30.6 Å². The van der Waals surface area contributed by atoms with Crippen molar-refractivity contribution in [3.63, 3.8) is 0 Å². The van der Waals surface area contributed by atoms with Crippen molar-refractivity contribution < 1.29 is 26.3 Å². The van der Waals surface area contributed by atoms with Crippen LogP contribution in [0.2, 0.25) is 0 Å². The first-order valence-electron chi connectivity index (χ1n) is 11.9. The van der Waals surface area contributed by atoms with Crippen molar-refractivity contribution in [2.24, 2.45) is 7.05 Å². The van der Waals surface area contributed by atoms with Crippen LogP contribution >= 0.6 is 0 Å². The number of benzene rings is 1. The van der Waals surface area contributed by atoms with E-state index in [1.165, 1.54) is 16.2 Å². The molecule has 0 unspecified atom stereocenters. The minimum Gasteiger partial charge on any atom is -0.364 e. The maximum atomic E-state index is 13.9. The molecule has 1 aliphatic heterocycles. The zero-order valence-electron chi connectivity index (χ0n) is 20.8. The van der Waals surface area contributed by atoms with Crippen molar-refractivity contribution in [3.8, 4) is 22.6 Å². The van der Waals surface area contributed by atoms with Crippen molar-refractivity contribution in [3.05, 3.63) is 71.7 Å². The number of aryl methyl sites for hydroxylation is 1. The van der Waals surface area contributed by atoms with Gasteiger partial charge in [-0.15, -0.1) is 0 Å². The number of rotatable bonds is 4. The Morgan fingerprint density at radius 3 is 2.21 bits per heavy atom. The van der Waals surface area contributed by atoms with Crippen LogP contribution in [0.15, 0.2) is 48.8 Å². The van der Waals surface area contributed by atoms with Crippen LogP contribution in [0, 0.1) is 0 Å². The summed E-state index contributed by atoms with van der Waals surface area (Å²) in [5.41, 5.74) is 2.15. The molecule has 0 bridgehead atoms. The number of hydrogen-bond acceptors (Lipinski definition) is 4. The molecule has 38 heavy (non-hydrogen) atoms. The van der Waals surface area contributed by atoms with E-state index in [2.05, 4.69) is 15.0 Å². The summed E-state index contributed by atoms with van der Waals surface area (Å²) in [6.07, 6.45) is -6.63. The summed E-state index contributed by atoms with van der Waals surface area (Å²) >= 11 is 0. The Morgan fingerprint density at radius 2 is 1.61 bits per heavy atom. The maximum absolute atomic E-state index is 13.9. The SMILES string of the molecule is CC(C)c1ncccc1-c1nc(C(F)(F)F)n2c1CN(c1ccc(-c3nc(C(F)(F)F)cn3C)cc1)CC2. The predicted octanol–water partition coefficient (Wildman–Crippen LogP) is 6.53. The Morgan fingerprint density at radius 1 is 0.895 bits per heavy atom. The fourth-order valence-electron chi connectivity index (χ4n) is 4.79. The summed E-state index contributed by atoms with van der Waals surface area (Å²) in [4.78, 5) is 14.1. The second-order valence-corrected chi connectivity index (χ2v) is 9.50. The lowest BCUT2D eigenvalue weighted by Crippen LogP contribution is -2.35. The van der Waals surface area contributed by atoms with Gasteiger partial charge >= 0.3 is 12.4 Å². The first-order chi connectivity index (χ1) is 17.8. The lowest BCUT2D eigenvalue weighted by atomic mass is 10.00. The molecular weight excluding hydrogens is 510 g/mol. The lowest BCUT2D eigenvalue weighted by molar-refractivity contribution is -0.147. The molecule has 1 aromatic carbocycles. The molecule has 0 aliphatic carbocycles. The van der Waals surface area contributed by atoms with Gasteiger partial charge in [-0.3, -0.25) is 4.98 Å². The highest BCUT2D eigenvalue weighted by molar-refractivity contribution is 5.67. The molecule has 12 heteroatoms. The highest BCUT2D eigenvalue weighted by atomic mass is 19.4. The number of halogens is 6. The maximum Gasteiger partial charge on any atom is 0.449 e. The number of hydrogen-bond donors (Lipinski definition) is 0. The Balaban J connectivity index is 1.50. The van der Waals surface area contributed by atoms with E-state index in [9.17, 15) is 26.3 Å². The minimum atomic E-state index is -4.62. The van der Waals surface area contributed by atoms with E-state index in [1.54, 1.807) is 42.6 Å². The quantitative estimate of drug-likeness (QED) is 0.280. The predicted molar refractivity (Wildman–Crippen MR) is 129 cm³/mol. The molecule has 6 nitrogen and oxygen atoms in total. The largest absolute Gasteiger partial charge is 0.449 e. The number of anilines is 1. The van der Waals surface area contributed by atoms with Crippen molar-refractivity contribution in [1.29, 1.82) is 0 Å². The average Bonchev–Trinajstić information content (AvgIpc) is 3.45. The number of alkyl halides is 6. The third-order valence-electron chi connectivity index (χ3n) is 6.56. The molecule has 0 fully saturated rings. The van der Waals surface area contributed by atoms with Gasteiger partial charge in [0.15, 0.2) is 5.69 Å². The summed E-state index contributed by atoms with van der Waals surface area (Å²) in [6, 6.07) is 10.2. The molecular formula is C26H24F6N6. The molecule has 0 spiro atoms. The zero-order valence-corrected chi connectivity index (χ0v) is 20.8. The number of nitrogens with zero attached hydrogens (tertiary/aromatic N) is 6. The molecule has 4 heterocycles. The second kappa shape index (κ2) is 9.17. The fourth-order valence-corrected chi connectivity index (χ4v) is 4.79. The minimum absolute atomic E-state index is 0.0193. The molecule has 0 amide bonds. The number of pyridine rings is 1. The van der Waals surface area contributed by atoms with E-state index < -0.39 is 23.9 Å². The molecule has 0 radical (unpaired) electrons. The Bertz CT molecular complexity index is 1460. The van der Waals surface area contributed by atoms with Crippen molar-refractivity contribution in [1.82, 2.24) is 24.1 Å². The van der Waals surface area contributed by atoms with E-state index >= 15 is 0 Å². The van der Waals surface area contributed by atoms with E-state index in [4.69, 9.17) is 0 Å². The van der Waals surface area contributed by atoms with Gasteiger partial charge in [0.2, 0.25) is 5.82 Å². The van der Waals surface area contributed by atoms with Crippen LogP contribution in [-0.2, 0) is 32.5 Å². The van der Waals surface area contributed by atoms with Crippen LogP contribution in [0.1, 0.15) is 42.7 Å².